The van der Waals surface area contributed by atoms with E-state index >= 15 is 0 Å². The molecule has 0 saturated carbocycles. The van der Waals surface area contributed by atoms with Crippen molar-refractivity contribution in [2.45, 2.75) is 31.5 Å². The third-order valence-electron chi connectivity index (χ3n) is 4.90. The second kappa shape index (κ2) is 8.57. The Balaban J connectivity index is 1.59. The summed E-state index contributed by atoms with van der Waals surface area (Å²) in [7, 11) is 0. The van der Waals surface area contributed by atoms with Crippen molar-refractivity contribution in [2.75, 3.05) is 19.6 Å². The maximum Gasteiger partial charge on any atom is 0.416 e. The molecule has 144 valence electrons. The van der Waals surface area contributed by atoms with Crippen molar-refractivity contribution in [3.8, 4) is 0 Å². The number of benzene rings is 2. The second-order valence-corrected chi connectivity index (χ2v) is 6.85. The Morgan fingerprint density at radius 3 is 2.22 bits per heavy atom. The van der Waals surface area contributed by atoms with E-state index in [0.29, 0.717) is 12.1 Å². The van der Waals surface area contributed by atoms with Crippen LogP contribution in [-0.4, -0.2) is 30.4 Å². The van der Waals surface area contributed by atoms with E-state index in [1.165, 1.54) is 12.1 Å². The zero-order valence-electron chi connectivity index (χ0n) is 15.0. The van der Waals surface area contributed by atoms with Gasteiger partial charge < -0.3 is 5.32 Å². The van der Waals surface area contributed by atoms with Crippen molar-refractivity contribution in [1.29, 1.82) is 0 Å². The normalized spacial score (nSPS) is 16.3. The van der Waals surface area contributed by atoms with Gasteiger partial charge in [0, 0.05) is 6.54 Å². The number of likely N-dealkylation sites (tertiary alicyclic amines) is 1. The molecule has 1 saturated heterocycles. The first-order chi connectivity index (χ1) is 12.9. The largest absolute Gasteiger partial charge is 0.416 e. The van der Waals surface area contributed by atoms with Crippen LogP contribution in [0.25, 0.3) is 0 Å². The van der Waals surface area contributed by atoms with Crippen LogP contribution >= 0.6 is 0 Å². The SMILES string of the molecule is O=C(Cc1ccc(C(F)(F)F)cc1)NCC(c1ccccc1)N1CCCC1. The highest BCUT2D eigenvalue weighted by Gasteiger charge is 2.30. The molecule has 3 rings (SSSR count). The summed E-state index contributed by atoms with van der Waals surface area (Å²) in [6.45, 7) is 2.51. The molecule has 1 unspecified atom stereocenters. The van der Waals surface area contributed by atoms with Crippen molar-refractivity contribution in [2.24, 2.45) is 0 Å². The maximum absolute atomic E-state index is 12.6. The van der Waals surface area contributed by atoms with Gasteiger partial charge in [-0.1, -0.05) is 42.5 Å². The van der Waals surface area contributed by atoms with E-state index in [0.717, 1.165) is 43.6 Å². The molecule has 2 aromatic carbocycles. The number of carbonyl (C=O) groups is 1. The van der Waals surface area contributed by atoms with Gasteiger partial charge in [-0.15, -0.1) is 0 Å². The molecule has 0 aromatic heterocycles. The molecule has 1 aliphatic rings. The summed E-state index contributed by atoms with van der Waals surface area (Å²) in [6.07, 6.45) is -1.98. The zero-order valence-corrected chi connectivity index (χ0v) is 15.0. The number of amides is 1. The average molecular weight is 376 g/mol. The number of rotatable bonds is 6. The van der Waals surface area contributed by atoms with Crippen LogP contribution in [0.5, 0.6) is 0 Å². The van der Waals surface area contributed by atoms with E-state index in [1.54, 1.807) is 0 Å². The van der Waals surface area contributed by atoms with Gasteiger partial charge in [0.2, 0.25) is 5.91 Å². The lowest BCUT2D eigenvalue weighted by Crippen LogP contribution is -2.37. The number of halogens is 3. The van der Waals surface area contributed by atoms with E-state index in [9.17, 15) is 18.0 Å². The third kappa shape index (κ3) is 5.32. The van der Waals surface area contributed by atoms with E-state index in [4.69, 9.17) is 0 Å². The lowest BCUT2D eigenvalue weighted by molar-refractivity contribution is -0.137. The molecular weight excluding hydrogens is 353 g/mol. The standard InChI is InChI=1S/C21H23F3N2O/c22-21(23,24)18-10-8-16(9-11-18)14-20(27)25-15-19(26-12-4-5-13-26)17-6-2-1-3-7-17/h1-3,6-11,19H,4-5,12-15H2,(H,25,27). The van der Waals surface area contributed by atoms with Crippen molar-refractivity contribution < 1.29 is 18.0 Å². The molecule has 1 amide bonds. The summed E-state index contributed by atoms with van der Waals surface area (Å²) in [5.41, 5.74) is 1.02. The minimum Gasteiger partial charge on any atom is -0.354 e. The highest BCUT2D eigenvalue weighted by Crippen LogP contribution is 2.29. The minimum atomic E-state index is -4.36. The van der Waals surface area contributed by atoms with Gasteiger partial charge >= 0.3 is 6.18 Å². The molecule has 6 heteroatoms. The molecular formula is C21H23F3N2O. The first-order valence-electron chi connectivity index (χ1n) is 9.15. The van der Waals surface area contributed by atoms with Crippen LogP contribution in [0.1, 0.15) is 35.6 Å². The smallest absolute Gasteiger partial charge is 0.354 e. The summed E-state index contributed by atoms with van der Waals surface area (Å²) in [6, 6.07) is 14.9. The molecule has 1 N–H and O–H groups in total. The van der Waals surface area contributed by atoms with Crippen LogP contribution in [0, 0.1) is 0 Å². The number of carbonyl (C=O) groups excluding carboxylic acids is 1. The number of nitrogens with one attached hydrogen (secondary N) is 1. The second-order valence-electron chi connectivity index (χ2n) is 6.85. The summed E-state index contributed by atoms with van der Waals surface area (Å²) < 4.78 is 37.9. The molecule has 1 atom stereocenters. The number of nitrogens with zero attached hydrogens (tertiary/aromatic N) is 1. The molecule has 1 aliphatic heterocycles. The molecule has 27 heavy (non-hydrogen) atoms. The van der Waals surface area contributed by atoms with E-state index in [1.807, 2.05) is 18.2 Å². The van der Waals surface area contributed by atoms with E-state index in [-0.39, 0.29) is 18.4 Å². The zero-order chi connectivity index (χ0) is 19.3. The molecule has 2 aromatic rings. The lowest BCUT2D eigenvalue weighted by Gasteiger charge is -2.28. The van der Waals surface area contributed by atoms with Gasteiger partial charge in [-0.2, -0.15) is 13.2 Å². The van der Waals surface area contributed by atoms with Crippen LogP contribution < -0.4 is 5.32 Å². The van der Waals surface area contributed by atoms with Crippen LogP contribution in [0.4, 0.5) is 13.2 Å². The van der Waals surface area contributed by atoms with Crippen molar-refractivity contribution in [3.63, 3.8) is 0 Å². The van der Waals surface area contributed by atoms with Gasteiger partial charge in [0.15, 0.2) is 0 Å². The van der Waals surface area contributed by atoms with Gasteiger partial charge in [-0.3, -0.25) is 9.69 Å². The predicted octanol–water partition coefficient (Wildman–Crippen LogP) is 4.20. The summed E-state index contributed by atoms with van der Waals surface area (Å²) in [4.78, 5) is 14.7. The van der Waals surface area contributed by atoms with Crippen molar-refractivity contribution >= 4 is 5.91 Å². The maximum atomic E-state index is 12.6. The first kappa shape index (κ1) is 19.4. The monoisotopic (exact) mass is 376 g/mol. The Hall–Kier alpha value is -2.34. The number of hydrogen-bond donors (Lipinski definition) is 1. The number of alkyl halides is 3. The molecule has 3 nitrogen and oxygen atoms in total. The quantitative estimate of drug-likeness (QED) is 0.820. The Labute approximate surface area is 157 Å². The molecule has 0 spiro atoms. The average Bonchev–Trinajstić information content (AvgIpc) is 3.17. The molecule has 0 bridgehead atoms. The highest BCUT2D eigenvalue weighted by atomic mass is 19.4. The predicted molar refractivity (Wildman–Crippen MR) is 98.1 cm³/mol. The molecule has 1 fully saturated rings. The van der Waals surface area contributed by atoms with Gasteiger partial charge in [0.1, 0.15) is 0 Å². The van der Waals surface area contributed by atoms with Gasteiger partial charge in [0.25, 0.3) is 0 Å². The summed E-state index contributed by atoms with van der Waals surface area (Å²) in [5.74, 6) is -0.185. The van der Waals surface area contributed by atoms with Crippen LogP contribution in [-0.2, 0) is 17.4 Å². The molecule has 0 radical (unpaired) electrons. The topological polar surface area (TPSA) is 32.3 Å². The summed E-state index contributed by atoms with van der Waals surface area (Å²) in [5, 5.41) is 2.95. The first-order valence-corrected chi connectivity index (χ1v) is 9.15. The molecule has 0 aliphatic carbocycles. The van der Waals surface area contributed by atoms with Crippen LogP contribution in [0.2, 0.25) is 0 Å². The third-order valence-corrected chi connectivity index (χ3v) is 4.90. The fourth-order valence-electron chi connectivity index (χ4n) is 3.46. The number of hydrogen-bond acceptors (Lipinski definition) is 2. The fraction of sp³-hybridized carbons (Fsp3) is 0.381. The van der Waals surface area contributed by atoms with Crippen molar-refractivity contribution in [1.82, 2.24) is 10.2 Å². The van der Waals surface area contributed by atoms with Gasteiger partial charge in [-0.05, 0) is 49.2 Å². The van der Waals surface area contributed by atoms with Crippen LogP contribution in [0.15, 0.2) is 54.6 Å². The van der Waals surface area contributed by atoms with E-state index < -0.39 is 11.7 Å². The Morgan fingerprint density at radius 2 is 1.63 bits per heavy atom. The van der Waals surface area contributed by atoms with Gasteiger partial charge in [-0.25, -0.2) is 0 Å². The van der Waals surface area contributed by atoms with Crippen LogP contribution in [0.3, 0.4) is 0 Å². The van der Waals surface area contributed by atoms with Crippen molar-refractivity contribution in [3.05, 3.63) is 71.3 Å². The Bertz CT molecular complexity index is 738. The Kier molecular flexibility index (Phi) is 6.16. The summed E-state index contributed by atoms with van der Waals surface area (Å²) >= 11 is 0. The van der Waals surface area contributed by atoms with E-state index in [2.05, 4.69) is 22.3 Å². The molecule has 1 heterocycles. The Morgan fingerprint density at radius 1 is 1.00 bits per heavy atom. The fourth-order valence-corrected chi connectivity index (χ4v) is 3.46. The lowest BCUT2D eigenvalue weighted by atomic mass is 10.0. The van der Waals surface area contributed by atoms with Gasteiger partial charge in [0.05, 0.1) is 18.0 Å². The minimum absolute atomic E-state index is 0.0691. The highest BCUT2D eigenvalue weighted by molar-refractivity contribution is 5.78.